The molecule has 1 saturated heterocycles. The summed E-state index contributed by atoms with van der Waals surface area (Å²) >= 11 is 6.17. The molecule has 1 atom stereocenters. The maximum absolute atomic E-state index is 12.9. The minimum atomic E-state index is -1.13. The lowest BCUT2D eigenvalue weighted by atomic mass is 10.0. The van der Waals surface area contributed by atoms with E-state index < -0.39 is 18.4 Å². The molecule has 2 aromatic carbocycles. The normalized spacial score (nSPS) is 17.1. The highest BCUT2D eigenvalue weighted by Gasteiger charge is 2.39. The van der Waals surface area contributed by atoms with Crippen LogP contribution in [0.15, 0.2) is 54.6 Å². The van der Waals surface area contributed by atoms with Gasteiger partial charge in [-0.3, -0.25) is 14.4 Å². The molecule has 1 N–H and O–H groups in total. The van der Waals surface area contributed by atoms with Crippen molar-refractivity contribution in [2.45, 2.75) is 19.0 Å². The average Bonchev–Trinajstić information content (AvgIpc) is 2.66. The zero-order chi connectivity index (χ0) is 19.4. The van der Waals surface area contributed by atoms with Crippen LogP contribution in [0, 0.1) is 0 Å². The smallest absolute Gasteiger partial charge is 0.305 e. The van der Waals surface area contributed by atoms with Gasteiger partial charge in [0.15, 0.2) is 0 Å². The molecule has 0 saturated carbocycles. The minimum Gasteiger partial charge on any atom is -0.481 e. The predicted octanol–water partition coefficient (Wildman–Crippen LogP) is 2.67. The second kappa shape index (κ2) is 8.22. The number of nitrogens with zero attached hydrogens (tertiary/aromatic N) is 2. The highest BCUT2D eigenvalue weighted by atomic mass is 35.5. The highest BCUT2D eigenvalue weighted by Crippen LogP contribution is 2.22. The van der Waals surface area contributed by atoms with Gasteiger partial charge in [-0.2, -0.15) is 0 Å². The molecule has 1 aliphatic heterocycles. The fraction of sp³-hybridized carbons (Fsp3) is 0.250. The van der Waals surface area contributed by atoms with Crippen LogP contribution < -0.4 is 0 Å². The first-order valence-electron chi connectivity index (χ1n) is 8.57. The number of carboxylic acids is 1. The Morgan fingerprint density at radius 2 is 1.70 bits per heavy atom. The molecule has 140 valence electrons. The molecule has 0 aromatic heterocycles. The molecule has 1 fully saturated rings. The molecule has 7 heteroatoms. The van der Waals surface area contributed by atoms with Crippen molar-refractivity contribution in [3.63, 3.8) is 0 Å². The van der Waals surface area contributed by atoms with Crippen LogP contribution in [-0.4, -0.2) is 51.8 Å². The van der Waals surface area contributed by atoms with Gasteiger partial charge in [0.2, 0.25) is 5.91 Å². The molecule has 3 rings (SSSR count). The fourth-order valence-corrected chi connectivity index (χ4v) is 3.38. The van der Waals surface area contributed by atoms with Gasteiger partial charge in [-0.05, 0) is 23.8 Å². The van der Waals surface area contributed by atoms with Gasteiger partial charge in [0.1, 0.15) is 6.04 Å². The third kappa shape index (κ3) is 4.28. The summed E-state index contributed by atoms with van der Waals surface area (Å²) in [6, 6.07) is 14.7. The second-order valence-corrected chi connectivity index (χ2v) is 6.74. The van der Waals surface area contributed by atoms with Crippen LogP contribution >= 0.6 is 11.6 Å². The number of piperazine rings is 1. The van der Waals surface area contributed by atoms with E-state index in [-0.39, 0.29) is 24.9 Å². The molecule has 0 bridgehead atoms. The number of carboxylic acid groups (broad SMARTS) is 1. The summed E-state index contributed by atoms with van der Waals surface area (Å²) in [6.45, 7) is 0.864. The molecule has 6 nitrogen and oxygen atoms in total. The van der Waals surface area contributed by atoms with E-state index in [9.17, 15) is 19.5 Å². The van der Waals surface area contributed by atoms with E-state index in [1.807, 2.05) is 12.1 Å². The summed E-state index contributed by atoms with van der Waals surface area (Å²) in [4.78, 5) is 40.0. The molecule has 2 aromatic rings. The van der Waals surface area contributed by atoms with Gasteiger partial charge in [0, 0.05) is 30.2 Å². The highest BCUT2D eigenvalue weighted by molar-refractivity contribution is 6.31. The van der Waals surface area contributed by atoms with E-state index in [4.69, 9.17) is 11.6 Å². The number of rotatable bonds is 5. The van der Waals surface area contributed by atoms with Gasteiger partial charge < -0.3 is 14.9 Å². The zero-order valence-electron chi connectivity index (χ0n) is 14.5. The third-order valence-corrected chi connectivity index (χ3v) is 4.92. The van der Waals surface area contributed by atoms with Crippen molar-refractivity contribution >= 4 is 29.4 Å². The number of carbonyl (C=O) groups is 3. The van der Waals surface area contributed by atoms with Crippen molar-refractivity contribution in [2.75, 3.05) is 13.1 Å². The Bertz CT molecular complexity index is 856. The van der Waals surface area contributed by atoms with Crippen LogP contribution in [0.2, 0.25) is 5.02 Å². The Balaban J connectivity index is 1.82. The first-order valence-corrected chi connectivity index (χ1v) is 8.95. The molecule has 1 aliphatic rings. The Morgan fingerprint density at radius 3 is 2.37 bits per heavy atom. The maximum atomic E-state index is 12.9. The van der Waals surface area contributed by atoms with Gasteiger partial charge in [-0.25, -0.2) is 0 Å². The van der Waals surface area contributed by atoms with Crippen LogP contribution in [-0.2, 0) is 16.1 Å². The number of amides is 2. The molecule has 27 heavy (non-hydrogen) atoms. The van der Waals surface area contributed by atoms with Crippen molar-refractivity contribution in [2.24, 2.45) is 0 Å². The van der Waals surface area contributed by atoms with Gasteiger partial charge in [-0.15, -0.1) is 0 Å². The largest absolute Gasteiger partial charge is 0.481 e. The van der Waals surface area contributed by atoms with Gasteiger partial charge in [0.05, 0.1) is 6.42 Å². The number of hydrogen-bond donors (Lipinski definition) is 1. The number of halogens is 1. The van der Waals surface area contributed by atoms with E-state index in [2.05, 4.69) is 0 Å². The van der Waals surface area contributed by atoms with Crippen LogP contribution in [0.5, 0.6) is 0 Å². The molecule has 2 amide bonds. The number of carbonyl (C=O) groups excluding carboxylic acids is 2. The molecular weight excluding hydrogens is 368 g/mol. The topological polar surface area (TPSA) is 77.9 Å². The fourth-order valence-electron chi connectivity index (χ4n) is 3.18. The first-order chi connectivity index (χ1) is 13.0. The first kappa shape index (κ1) is 18.9. The minimum absolute atomic E-state index is 0.266. The summed E-state index contributed by atoms with van der Waals surface area (Å²) in [6.07, 6.45) is -0.434. The lowest BCUT2D eigenvalue weighted by Gasteiger charge is -2.40. The van der Waals surface area contributed by atoms with E-state index in [1.54, 1.807) is 47.4 Å². The summed E-state index contributed by atoms with van der Waals surface area (Å²) in [7, 11) is 0. The van der Waals surface area contributed by atoms with E-state index in [1.165, 1.54) is 4.90 Å². The molecular formula is C20H19ClN2O4. The van der Waals surface area contributed by atoms with Crippen molar-refractivity contribution in [3.05, 3.63) is 70.7 Å². The second-order valence-electron chi connectivity index (χ2n) is 6.33. The number of hydrogen-bond acceptors (Lipinski definition) is 3. The summed E-state index contributed by atoms with van der Waals surface area (Å²) in [5.74, 6) is -1.85. The predicted molar refractivity (Wildman–Crippen MR) is 100 cm³/mol. The van der Waals surface area contributed by atoms with E-state index in [0.717, 1.165) is 5.56 Å². The van der Waals surface area contributed by atoms with Crippen molar-refractivity contribution in [1.29, 1.82) is 0 Å². The lowest BCUT2D eigenvalue weighted by Crippen LogP contribution is -2.59. The van der Waals surface area contributed by atoms with Crippen LogP contribution in [0.4, 0.5) is 0 Å². The Hall–Kier alpha value is -2.86. The van der Waals surface area contributed by atoms with E-state index in [0.29, 0.717) is 17.1 Å². The average molecular weight is 387 g/mol. The maximum Gasteiger partial charge on any atom is 0.305 e. The Morgan fingerprint density at radius 1 is 1.04 bits per heavy atom. The summed E-state index contributed by atoms with van der Waals surface area (Å²) in [5.41, 5.74) is 1.21. The molecule has 0 radical (unpaired) electrons. The molecule has 0 aliphatic carbocycles. The van der Waals surface area contributed by atoms with Crippen molar-refractivity contribution < 1.29 is 19.5 Å². The van der Waals surface area contributed by atoms with Crippen LogP contribution in [0.25, 0.3) is 0 Å². The van der Waals surface area contributed by atoms with Crippen LogP contribution in [0.1, 0.15) is 22.3 Å². The standard InChI is InChI=1S/C20H19ClN2O4/c21-16-9-5-4-8-15(16)13-22-10-11-23(17(20(22)27)12-18(24)25)19(26)14-6-2-1-3-7-14/h1-9,17H,10-13H2,(H,24,25). The van der Waals surface area contributed by atoms with Gasteiger partial charge >= 0.3 is 5.97 Å². The van der Waals surface area contributed by atoms with Gasteiger partial charge in [-0.1, -0.05) is 48.0 Å². The Kier molecular flexibility index (Phi) is 5.76. The van der Waals surface area contributed by atoms with Crippen molar-refractivity contribution in [3.8, 4) is 0 Å². The summed E-state index contributed by atoms with van der Waals surface area (Å²) in [5, 5.41) is 9.79. The Labute approximate surface area is 162 Å². The van der Waals surface area contributed by atoms with Crippen molar-refractivity contribution in [1.82, 2.24) is 9.80 Å². The van der Waals surface area contributed by atoms with Gasteiger partial charge in [0.25, 0.3) is 5.91 Å². The number of aliphatic carboxylic acids is 1. The van der Waals surface area contributed by atoms with Crippen LogP contribution in [0.3, 0.4) is 0 Å². The summed E-state index contributed by atoms with van der Waals surface area (Å²) < 4.78 is 0. The lowest BCUT2D eigenvalue weighted by molar-refractivity contribution is -0.148. The van der Waals surface area contributed by atoms with E-state index >= 15 is 0 Å². The molecule has 1 unspecified atom stereocenters. The number of benzene rings is 2. The molecule has 0 spiro atoms. The quantitative estimate of drug-likeness (QED) is 0.856. The monoisotopic (exact) mass is 386 g/mol. The molecule has 1 heterocycles. The third-order valence-electron chi connectivity index (χ3n) is 4.55. The SMILES string of the molecule is O=C(O)CC1C(=O)N(Cc2ccccc2Cl)CCN1C(=O)c1ccccc1. The zero-order valence-corrected chi connectivity index (χ0v) is 15.3.